The molecule has 0 amide bonds. The second-order valence-electron chi connectivity index (χ2n) is 21.4. The average molecular weight is 1050 g/mol. The molecule has 0 spiro atoms. The molecule has 0 radical (unpaired) electrons. The summed E-state index contributed by atoms with van der Waals surface area (Å²) >= 11 is 0. The number of hydrogen-bond acceptors (Lipinski definition) is 12. The van der Waals surface area contributed by atoms with E-state index in [1.165, 1.54) is 5.56 Å². The number of benzene rings is 6. The highest BCUT2D eigenvalue weighted by Crippen LogP contribution is 2.51. The summed E-state index contributed by atoms with van der Waals surface area (Å²) in [5, 5.41) is 6.73. The number of furan rings is 3. The molecule has 6 aromatic carbocycles. The average Bonchev–Trinajstić information content (AvgIpc) is 4.38. The van der Waals surface area contributed by atoms with E-state index < -0.39 is 12.0 Å². The molecule has 6 aromatic heterocycles. The first-order valence-electron chi connectivity index (χ1n) is 28.2. The third-order valence-electron chi connectivity index (χ3n) is 16.2. The lowest BCUT2D eigenvalue weighted by atomic mass is 10.1. The Morgan fingerprint density at radius 1 is 0.392 bits per heavy atom. The van der Waals surface area contributed by atoms with Crippen molar-refractivity contribution in [1.82, 2.24) is 15.0 Å². The predicted octanol–water partition coefficient (Wildman–Crippen LogP) is 17.2. The summed E-state index contributed by atoms with van der Waals surface area (Å²) in [7, 11) is 2.11. The van der Waals surface area contributed by atoms with Gasteiger partial charge < -0.3 is 42.7 Å². The van der Waals surface area contributed by atoms with Crippen LogP contribution in [0, 0.1) is 20.8 Å². The van der Waals surface area contributed by atoms with Crippen LogP contribution in [0.4, 0.5) is 51.6 Å². The van der Waals surface area contributed by atoms with Gasteiger partial charge in [-0.3, -0.25) is 0 Å². The molecule has 0 saturated carbocycles. The van der Waals surface area contributed by atoms with E-state index in [4.69, 9.17) is 26.0 Å². The van der Waals surface area contributed by atoms with Gasteiger partial charge in [-0.15, -0.1) is 0 Å². The van der Waals surface area contributed by atoms with E-state index in [2.05, 4.69) is 150 Å². The Kier molecular flexibility index (Phi) is 11.4. The SMILES string of the molecule is Cc1ccc2c(oc3ccccc32)c1N1c2ncccc2N(C)C1C.[2H]C(C)(C)N1c2cccnc2N(c2c(C)ccc3c2oc2ccccc23)C1C.[2H]C(C)(C)N1c2cccnc2N(c2c(C)ccc3c2oc2ccccc23)C1C. The molecule has 3 aliphatic rings. The van der Waals surface area contributed by atoms with Crippen molar-refractivity contribution < 1.29 is 16.0 Å². The third-order valence-corrected chi connectivity index (χ3v) is 16.2. The molecule has 0 aliphatic carbocycles. The van der Waals surface area contributed by atoms with Gasteiger partial charge in [0, 0.05) is 70.0 Å². The van der Waals surface area contributed by atoms with Gasteiger partial charge in [0.2, 0.25) is 0 Å². The van der Waals surface area contributed by atoms with Crippen LogP contribution in [-0.4, -0.2) is 52.5 Å². The van der Waals surface area contributed by atoms with Crippen molar-refractivity contribution in [3.63, 3.8) is 0 Å². The zero-order valence-corrected chi connectivity index (χ0v) is 46.6. The molecule has 0 N–H and O–H groups in total. The summed E-state index contributed by atoms with van der Waals surface area (Å²) in [6.07, 6.45) is 5.53. The maximum absolute atomic E-state index is 8.70. The number of para-hydroxylation sites is 3. The summed E-state index contributed by atoms with van der Waals surface area (Å²) in [6, 6.07) is 47.9. The third kappa shape index (κ3) is 7.74. The van der Waals surface area contributed by atoms with Gasteiger partial charge >= 0.3 is 0 Å². The Balaban J connectivity index is 0.000000115. The first kappa shape index (κ1) is 47.2. The van der Waals surface area contributed by atoms with Crippen LogP contribution in [0.15, 0.2) is 177 Å². The smallest absolute Gasteiger partial charge is 0.159 e. The zero-order chi connectivity index (χ0) is 56.4. The van der Waals surface area contributed by atoms with E-state index in [0.717, 1.165) is 129 Å². The molecule has 15 rings (SSSR count). The second-order valence-corrected chi connectivity index (χ2v) is 21.4. The van der Waals surface area contributed by atoms with Crippen LogP contribution in [0.5, 0.6) is 0 Å². The topological polar surface area (TPSA) is 97.5 Å². The van der Waals surface area contributed by atoms with Crippen molar-refractivity contribution in [1.29, 1.82) is 0 Å². The highest BCUT2D eigenvalue weighted by Gasteiger charge is 2.40. The van der Waals surface area contributed by atoms with E-state index in [1.807, 2.05) is 125 Å². The van der Waals surface area contributed by atoms with Crippen molar-refractivity contribution in [3.05, 3.63) is 181 Å². The number of hydrogen-bond donors (Lipinski definition) is 0. The van der Waals surface area contributed by atoms with E-state index in [1.54, 1.807) is 0 Å². The quantitative estimate of drug-likeness (QED) is 0.164. The fourth-order valence-corrected chi connectivity index (χ4v) is 12.5. The van der Waals surface area contributed by atoms with Gasteiger partial charge in [0.15, 0.2) is 34.2 Å². The van der Waals surface area contributed by atoms with Crippen LogP contribution in [0.1, 0.15) is 67.9 Å². The number of rotatable bonds is 5. The fraction of sp³-hybridized carbons (Fsp3) is 0.239. The molecule has 396 valence electrons. The minimum absolute atomic E-state index is 0.0603. The van der Waals surface area contributed by atoms with Crippen LogP contribution in [0.3, 0.4) is 0 Å². The molecule has 0 fully saturated rings. The van der Waals surface area contributed by atoms with Crippen molar-refractivity contribution in [3.8, 4) is 0 Å². The van der Waals surface area contributed by atoms with Gasteiger partial charge in [-0.25, -0.2) is 15.0 Å². The van der Waals surface area contributed by atoms with Crippen molar-refractivity contribution >= 4 is 117 Å². The number of aryl methyl sites for hydroxylation is 3. The van der Waals surface area contributed by atoms with E-state index in [9.17, 15) is 0 Å². The molecule has 12 aromatic rings. The van der Waals surface area contributed by atoms with Crippen molar-refractivity contribution in [2.45, 2.75) is 99.8 Å². The van der Waals surface area contributed by atoms with Gasteiger partial charge in [0.05, 0.1) is 36.9 Å². The van der Waals surface area contributed by atoms with Gasteiger partial charge in [-0.1, -0.05) is 91.0 Å². The Labute approximate surface area is 463 Å². The highest BCUT2D eigenvalue weighted by molar-refractivity contribution is 6.13. The molecule has 79 heavy (non-hydrogen) atoms. The molecule has 0 saturated heterocycles. The second kappa shape index (κ2) is 19.2. The Hall–Kier alpha value is -9.03. The van der Waals surface area contributed by atoms with Crippen LogP contribution in [0.25, 0.3) is 65.8 Å². The molecule has 3 atom stereocenters. The molecule has 12 heteroatoms. The monoisotopic (exact) mass is 1050 g/mol. The van der Waals surface area contributed by atoms with Crippen LogP contribution < -0.4 is 29.4 Å². The number of pyridine rings is 3. The summed E-state index contributed by atoms with van der Waals surface area (Å²) in [5.74, 6) is 2.71. The predicted molar refractivity (Wildman–Crippen MR) is 327 cm³/mol. The van der Waals surface area contributed by atoms with Crippen LogP contribution >= 0.6 is 0 Å². The summed E-state index contributed by atoms with van der Waals surface area (Å²) in [4.78, 5) is 27.2. The van der Waals surface area contributed by atoms with Gasteiger partial charge in [-0.2, -0.15) is 0 Å². The molecule has 9 heterocycles. The lowest BCUT2D eigenvalue weighted by molar-refractivity contribution is 0.602. The Bertz CT molecular complexity index is 4230. The van der Waals surface area contributed by atoms with Crippen molar-refractivity contribution in [2.75, 3.05) is 36.4 Å². The minimum Gasteiger partial charge on any atom is -0.454 e. The molecule has 12 nitrogen and oxygen atoms in total. The lowest BCUT2D eigenvalue weighted by Gasteiger charge is -2.33. The maximum Gasteiger partial charge on any atom is 0.159 e. The molecule has 3 unspecified atom stereocenters. The standard InChI is InChI=1S/2C23H23N3O.C21H19N3O/c2*1-14(2)25-16(4)26(23-19(25)9-7-13-24-23)21-15(3)11-12-18-17-8-5-6-10-20(17)27-22(18)21;1-13-10-11-16-15-7-4-5-9-18(15)25-20(16)19(13)24-14(2)23(3)17-8-6-12-22-21(17)24/h2*5-14,16H,1-4H3;4-12,14H,1-3H3/i2*14D;. The molecule has 0 bridgehead atoms. The van der Waals surface area contributed by atoms with Crippen LogP contribution in [0.2, 0.25) is 0 Å². The summed E-state index contributed by atoms with van der Waals surface area (Å²) in [6.45, 7) is 20.4. The van der Waals surface area contributed by atoms with Crippen molar-refractivity contribution in [2.24, 2.45) is 0 Å². The first-order valence-corrected chi connectivity index (χ1v) is 27.2. The normalized spacial score (nSPS) is 17.4. The molecular formula is C67H65N9O3. The fourth-order valence-electron chi connectivity index (χ4n) is 12.5. The highest BCUT2D eigenvalue weighted by atomic mass is 16.3. The summed E-state index contributed by atoms with van der Waals surface area (Å²) in [5.41, 5.74) is 15.0. The number of fused-ring (bicyclic) bond motifs is 12. The van der Waals surface area contributed by atoms with E-state index in [0.29, 0.717) is 0 Å². The molecule has 3 aliphatic heterocycles. The van der Waals surface area contributed by atoms with Gasteiger partial charge in [-0.05, 0) is 141 Å². The number of nitrogens with zero attached hydrogens (tertiary/aromatic N) is 9. The van der Waals surface area contributed by atoms with E-state index >= 15 is 0 Å². The number of aromatic nitrogens is 3. The van der Waals surface area contributed by atoms with E-state index in [-0.39, 0.29) is 18.5 Å². The summed E-state index contributed by atoms with van der Waals surface area (Å²) < 4.78 is 36.3. The zero-order valence-electron chi connectivity index (χ0n) is 48.6. The lowest BCUT2D eigenvalue weighted by Crippen LogP contribution is -2.42. The number of anilines is 9. The largest absolute Gasteiger partial charge is 0.454 e. The van der Waals surface area contributed by atoms with Gasteiger partial charge in [0.25, 0.3) is 0 Å². The first-order chi connectivity index (χ1) is 38.9. The molecular weight excluding hydrogens is 979 g/mol. The minimum atomic E-state index is -0.776. The Morgan fingerprint density at radius 2 is 0.709 bits per heavy atom. The van der Waals surface area contributed by atoms with Crippen LogP contribution in [-0.2, 0) is 0 Å². The Morgan fingerprint density at radius 3 is 1.06 bits per heavy atom. The van der Waals surface area contributed by atoms with Gasteiger partial charge in [0.1, 0.15) is 35.2 Å². The maximum atomic E-state index is 8.70.